The number of ether oxygens (including phenoxy) is 1. The standard InChI is InChI=1S/C24H27N3O4/c28-21(12-15-5-6-20-16(11-15)8-10-31-20)27-9-7-19-17(14-27)13-25-23(29)22(19)24(30)26-18-3-1-2-4-18/h5-6,11,13,18H,1-4,7-10,12,14H2,(H,25,29)(H,26,30). The van der Waals surface area contributed by atoms with Crippen LogP contribution in [0.3, 0.4) is 0 Å². The summed E-state index contributed by atoms with van der Waals surface area (Å²) in [4.78, 5) is 42.7. The Morgan fingerprint density at radius 2 is 2.00 bits per heavy atom. The van der Waals surface area contributed by atoms with Gasteiger partial charge in [-0.25, -0.2) is 0 Å². The van der Waals surface area contributed by atoms with Gasteiger partial charge in [-0.1, -0.05) is 25.0 Å². The highest BCUT2D eigenvalue weighted by atomic mass is 16.5. The Labute approximate surface area is 180 Å². The van der Waals surface area contributed by atoms with Crippen LogP contribution in [0.1, 0.15) is 58.3 Å². The number of carbonyl (C=O) groups is 2. The molecule has 7 nitrogen and oxygen atoms in total. The van der Waals surface area contributed by atoms with E-state index < -0.39 is 0 Å². The molecule has 1 saturated carbocycles. The van der Waals surface area contributed by atoms with Crippen molar-refractivity contribution in [3.63, 3.8) is 0 Å². The Kier molecular flexibility index (Phi) is 5.26. The molecule has 3 aliphatic rings. The molecule has 2 aliphatic heterocycles. The number of benzene rings is 1. The Bertz CT molecular complexity index is 1080. The molecule has 1 aliphatic carbocycles. The zero-order valence-corrected chi connectivity index (χ0v) is 17.5. The van der Waals surface area contributed by atoms with E-state index in [0.29, 0.717) is 32.5 Å². The third-order valence-corrected chi connectivity index (χ3v) is 6.67. The maximum absolute atomic E-state index is 12.9. The number of hydrogen-bond acceptors (Lipinski definition) is 4. The lowest BCUT2D eigenvalue weighted by Crippen LogP contribution is -2.41. The minimum Gasteiger partial charge on any atom is -0.493 e. The van der Waals surface area contributed by atoms with Crippen molar-refractivity contribution in [2.45, 2.75) is 57.5 Å². The first-order valence-corrected chi connectivity index (χ1v) is 11.1. The Morgan fingerprint density at radius 3 is 2.84 bits per heavy atom. The second-order valence-electron chi connectivity index (χ2n) is 8.73. The number of amides is 2. The summed E-state index contributed by atoms with van der Waals surface area (Å²) in [5.74, 6) is 0.674. The van der Waals surface area contributed by atoms with Crippen molar-refractivity contribution in [2.24, 2.45) is 0 Å². The molecule has 2 aromatic rings. The van der Waals surface area contributed by atoms with E-state index in [4.69, 9.17) is 4.74 Å². The van der Waals surface area contributed by atoms with Crippen molar-refractivity contribution in [1.82, 2.24) is 15.2 Å². The number of H-pyrrole nitrogens is 1. The highest BCUT2D eigenvalue weighted by Gasteiger charge is 2.28. The van der Waals surface area contributed by atoms with Crippen molar-refractivity contribution in [3.8, 4) is 5.75 Å². The third kappa shape index (κ3) is 3.96. The number of nitrogens with zero attached hydrogens (tertiary/aromatic N) is 1. The number of carbonyl (C=O) groups excluding carboxylic acids is 2. The fourth-order valence-electron chi connectivity index (χ4n) is 4.98. The molecular formula is C24H27N3O4. The zero-order valence-electron chi connectivity index (χ0n) is 17.5. The number of hydrogen-bond donors (Lipinski definition) is 2. The summed E-state index contributed by atoms with van der Waals surface area (Å²) in [5, 5.41) is 3.02. The molecule has 0 atom stereocenters. The molecule has 0 radical (unpaired) electrons. The summed E-state index contributed by atoms with van der Waals surface area (Å²) in [6, 6.07) is 6.10. The highest BCUT2D eigenvalue weighted by molar-refractivity contribution is 5.96. The monoisotopic (exact) mass is 421 g/mol. The first-order chi connectivity index (χ1) is 15.1. The lowest BCUT2D eigenvalue weighted by Gasteiger charge is -2.30. The van der Waals surface area contributed by atoms with Gasteiger partial charge in [0.1, 0.15) is 11.3 Å². The van der Waals surface area contributed by atoms with Gasteiger partial charge in [-0.15, -0.1) is 0 Å². The molecule has 162 valence electrons. The molecule has 0 unspecified atom stereocenters. The molecule has 0 bridgehead atoms. The van der Waals surface area contributed by atoms with Crippen LogP contribution in [0.25, 0.3) is 0 Å². The van der Waals surface area contributed by atoms with Crippen LogP contribution in [0.2, 0.25) is 0 Å². The van der Waals surface area contributed by atoms with Crippen LogP contribution in [0.4, 0.5) is 0 Å². The number of aromatic nitrogens is 1. The average molecular weight is 421 g/mol. The van der Waals surface area contributed by atoms with Gasteiger partial charge >= 0.3 is 0 Å². The number of aromatic amines is 1. The van der Waals surface area contributed by atoms with E-state index in [-0.39, 0.29) is 29.0 Å². The topological polar surface area (TPSA) is 91.5 Å². The van der Waals surface area contributed by atoms with Gasteiger partial charge in [-0.05, 0) is 47.6 Å². The Morgan fingerprint density at radius 1 is 1.16 bits per heavy atom. The van der Waals surface area contributed by atoms with E-state index in [1.165, 1.54) is 0 Å². The van der Waals surface area contributed by atoms with Gasteiger partial charge < -0.3 is 19.9 Å². The Balaban J connectivity index is 1.30. The molecular weight excluding hydrogens is 394 g/mol. The summed E-state index contributed by atoms with van der Waals surface area (Å²) < 4.78 is 5.54. The quantitative estimate of drug-likeness (QED) is 0.791. The van der Waals surface area contributed by atoms with Gasteiger partial charge in [0.05, 0.1) is 13.0 Å². The van der Waals surface area contributed by atoms with E-state index in [1.54, 1.807) is 6.20 Å². The summed E-state index contributed by atoms with van der Waals surface area (Å²) in [7, 11) is 0. The van der Waals surface area contributed by atoms with Crippen LogP contribution in [-0.4, -0.2) is 40.9 Å². The predicted molar refractivity (Wildman–Crippen MR) is 115 cm³/mol. The van der Waals surface area contributed by atoms with Crippen molar-refractivity contribution in [2.75, 3.05) is 13.2 Å². The van der Waals surface area contributed by atoms with Crippen LogP contribution in [-0.2, 0) is 30.6 Å². The van der Waals surface area contributed by atoms with Gasteiger partial charge in [0.2, 0.25) is 5.91 Å². The van der Waals surface area contributed by atoms with Crippen LogP contribution >= 0.6 is 0 Å². The van der Waals surface area contributed by atoms with Gasteiger partial charge in [-0.2, -0.15) is 0 Å². The predicted octanol–water partition coefficient (Wildman–Crippen LogP) is 2.11. The van der Waals surface area contributed by atoms with Crippen LogP contribution in [0.5, 0.6) is 5.75 Å². The van der Waals surface area contributed by atoms with Crippen molar-refractivity contribution in [1.29, 1.82) is 0 Å². The van der Waals surface area contributed by atoms with Gasteiger partial charge in [0.15, 0.2) is 0 Å². The van der Waals surface area contributed by atoms with Gasteiger partial charge in [0, 0.05) is 31.7 Å². The number of rotatable bonds is 4. The smallest absolute Gasteiger partial charge is 0.261 e. The maximum Gasteiger partial charge on any atom is 0.261 e. The second kappa shape index (κ2) is 8.21. The average Bonchev–Trinajstić information content (AvgIpc) is 3.44. The molecule has 0 saturated heterocycles. The molecule has 2 N–H and O–H groups in total. The van der Waals surface area contributed by atoms with Crippen LogP contribution in [0.15, 0.2) is 29.2 Å². The SMILES string of the molecule is O=C(NC1CCCC1)c1c2c(c[nH]c1=O)CN(C(=O)Cc1ccc3c(c1)CCO3)CC2. The van der Waals surface area contributed by atoms with E-state index in [1.807, 2.05) is 17.0 Å². The van der Waals surface area contributed by atoms with E-state index in [2.05, 4.69) is 16.4 Å². The number of pyridine rings is 1. The first-order valence-electron chi connectivity index (χ1n) is 11.1. The molecule has 1 aromatic heterocycles. The molecule has 0 spiro atoms. The van der Waals surface area contributed by atoms with E-state index >= 15 is 0 Å². The molecule has 3 heterocycles. The number of fused-ring (bicyclic) bond motifs is 2. The van der Waals surface area contributed by atoms with E-state index in [9.17, 15) is 14.4 Å². The summed E-state index contributed by atoms with van der Waals surface area (Å²) in [6.07, 6.45) is 7.54. The van der Waals surface area contributed by atoms with Crippen molar-refractivity contribution >= 4 is 11.8 Å². The first kappa shape index (κ1) is 19.8. The van der Waals surface area contributed by atoms with Crippen LogP contribution in [0, 0.1) is 0 Å². The molecule has 1 aromatic carbocycles. The summed E-state index contributed by atoms with van der Waals surface area (Å²) in [6.45, 7) is 1.61. The summed E-state index contributed by atoms with van der Waals surface area (Å²) >= 11 is 0. The van der Waals surface area contributed by atoms with Crippen molar-refractivity contribution < 1.29 is 14.3 Å². The lowest BCUT2D eigenvalue weighted by molar-refractivity contribution is -0.131. The molecule has 7 heteroatoms. The molecule has 1 fully saturated rings. The molecule has 5 rings (SSSR count). The van der Waals surface area contributed by atoms with Crippen LogP contribution < -0.4 is 15.6 Å². The lowest BCUT2D eigenvalue weighted by atomic mass is 9.95. The van der Waals surface area contributed by atoms with Gasteiger partial charge in [-0.3, -0.25) is 14.4 Å². The Hall–Kier alpha value is -3.09. The van der Waals surface area contributed by atoms with E-state index in [0.717, 1.165) is 60.1 Å². The largest absolute Gasteiger partial charge is 0.493 e. The van der Waals surface area contributed by atoms with Crippen molar-refractivity contribution in [3.05, 3.63) is 62.6 Å². The third-order valence-electron chi connectivity index (χ3n) is 6.67. The minimum atomic E-state index is -0.352. The maximum atomic E-state index is 12.9. The highest BCUT2D eigenvalue weighted by Crippen LogP contribution is 2.27. The fourth-order valence-corrected chi connectivity index (χ4v) is 4.98. The molecule has 2 amide bonds. The minimum absolute atomic E-state index is 0.0488. The molecule has 31 heavy (non-hydrogen) atoms. The van der Waals surface area contributed by atoms with Gasteiger partial charge in [0.25, 0.3) is 11.5 Å². The second-order valence-corrected chi connectivity index (χ2v) is 8.73. The normalized spacial score (nSPS) is 17.7. The number of nitrogens with one attached hydrogen (secondary N) is 2. The summed E-state index contributed by atoms with van der Waals surface area (Å²) in [5.41, 5.74) is 3.63. The zero-order chi connectivity index (χ0) is 21.4. The fraction of sp³-hybridized carbons (Fsp3) is 0.458.